The fraction of sp³-hybridized carbons (Fsp3) is 0.562. The average Bonchev–Trinajstić information content (AvgIpc) is 2.41. The van der Waals surface area contributed by atoms with Crippen molar-refractivity contribution >= 4 is 11.6 Å². The third-order valence-corrected chi connectivity index (χ3v) is 2.70. The van der Waals surface area contributed by atoms with Gasteiger partial charge in [-0.2, -0.15) is 0 Å². The molecule has 0 saturated carbocycles. The topological polar surface area (TPSA) is 73.6 Å². The second-order valence-corrected chi connectivity index (χ2v) is 5.30. The first-order valence-electron chi connectivity index (χ1n) is 7.42. The van der Waals surface area contributed by atoms with E-state index in [0.717, 1.165) is 13.0 Å². The van der Waals surface area contributed by atoms with Crippen LogP contribution in [0.25, 0.3) is 0 Å². The molecule has 1 aromatic rings. The molecule has 0 fully saturated rings. The van der Waals surface area contributed by atoms with Crippen LogP contribution < -0.4 is 15.8 Å². The molecule has 0 spiro atoms. The van der Waals surface area contributed by atoms with Crippen molar-refractivity contribution in [2.45, 2.75) is 27.2 Å². The van der Waals surface area contributed by atoms with Crippen LogP contribution in [0.1, 0.15) is 37.6 Å². The van der Waals surface area contributed by atoms with Crippen LogP contribution in [0.5, 0.6) is 5.75 Å². The third-order valence-electron chi connectivity index (χ3n) is 2.70. The first kappa shape index (κ1) is 17.3. The van der Waals surface area contributed by atoms with Gasteiger partial charge in [-0.1, -0.05) is 13.8 Å². The zero-order valence-electron chi connectivity index (χ0n) is 13.1. The Balaban J connectivity index is 2.38. The number of amides is 1. The number of rotatable bonds is 9. The van der Waals surface area contributed by atoms with Gasteiger partial charge in [0.1, 0.15) is 5.75 Å². The molecule has 118 valence electrons. The van der Waals surface area contributed by atoms with E-state index in [-0.39, 0.29) is 5.91 Å². The first-order chi connectivity index (χ1) is 10.0. The van der Waals surface area contributed by atoms with Crippen molar-refractivity contribution in [3.05, 3.63) is 23.8 Å². The highest BCUT2D eigenvalue weighted by atomic mass is 16.5. The molecule has 5 heteroatoms. The summed E-state index contributed by atoms with van der Waals surface area (Å²) in [5, 5.41) is 2.85. The standard InChI is InChI=1S/C16H26N2O3/c1-4-21-15-9-13(8-14(17)10-15)16(19)18-6-5-7-20-11-12(2)3/h8-10,12H,4-7,11,17H2,1-3H3,(H,18,19). The molecule has 5 nitrogen and oxygen atoms in total. The molecule has 21 heavy (non-hydrogen) atoms. The molecule has 0 aliphatic carbocycles. The molecule has 0 bridgehead atoms. The normalized spacial score (nSPS) is 10.7. The molecule has 0 aromatic heterocycles. The van der Waals surface area contributed by atoms with Crippen LogP contribution in [0.3, 0.4) is 0 Å². The number of carbonyl (C=O) groups is 1. The van der Waals surface area contributed by atoms with Crippen molar-refractivity contribution in [2.24, 2.45) is 5.92 Å². The Labute approximate surface area is 126 Å². The smallest absolute Gasteiger partial charge is 0.251 e. The molecular formula is C16H26N2O3. The lowest BCUT2D eigenvalue weighted by Gasteiger charge is -2.10. The predicted octanol–water partition coefficient (Wildman–Crippen LogP) is 2.46. The van der Waals surface area contributed by atoms with Gasteiger partial charge in [0.25, 0.3) is 5.91 Å². The van der Waals surface area contributed by atoms with Crippen LogP contribution in [0.2, 0.25) is 0 Å². The maximum atomic E-state index is 12.0. The Bertz CT molecular complexity index is 447. The van der Waals surface area contributed by atoms with Gasteiger partial charge in [0.2, 0.25) is 0 Å². The average molecular weight is 294 g/mol. The Morgan fingerprint density at radius 2 is 2.10 bits per heavy atom. The van der Waals surface area contributed by atoms with Crippen LogP contribution >= 0.6 is 0 Å². The maximum Gasteiger partial charge on any atom is 0.251 e. The number of carbonyl (C=O) groups excluding carboxylic acids is 1. The summed E-state index contributed by atoms with van der Waals surface area (Å²) in [6.45, 7) is 8.63. The minimum absolute atomic E-state index is 0.146. The molecule has 0 aliphatic heterocycles. The van der Waals surface area contributed by atoms with Gasteiger partial charge in [0, 0.05) is 37.1 Å². The number of hydrogen-bond acceptors (Lipinski definition) is 4. The van der Waals surface area contributed by atoms with E-state index >= 15 is 0 Å². The highest BCUT2D eigenvalue weighted by Gasteiger charge is 2.08. The Morgan fingerprint density at radius 1 is 1.33 bits per heavy atom. The summed E-state index contributed by atoms with van der Waals surface area (Å²) in [4.78, 5) is 12.0. The zero-order chi connectivity index (χ0) is 15.7. The van der Waals surface area contributed by atoms with E-state index in [4.69, 9.17) is 15.2 Å². The summed E-state index contributed by atoms with van der Waals surface area (Å²) in [5.74, 6) is 0.999. The fourth-order valence-electron chi connectivity index (χ4n) is 1.80. The van der Waals surface area contributed by atoms with Crippen LogP contribution in [0, 0.1) is 5.92 Å². The van der Waals surface area contributed by atoms with Gasteiger partial charge in [-0.25, -0.2) is 0 Å². The zero-order valence-corrected chi connectivity index (χ0v) is 13.1. The van der Waals surface area contributed by atoms with Gasteiger partial charge >= 0.3 is 0 Å². The number of nitrogens with one attached hydrogen (secondary N) is 1. The van der Waals surface area contributed by atoms with Gasteiger partial charge in [-0.05, 0) is 31.4 Å². The second-order valence-electron chi connectivity index (χ2n) is 5.30. The highest BCUT2D eigenvalue weighted by Crippen LogP contribution is 2.18. The largest absolute Gasteiger partial charge is 0.494 e. The van der Waals surface area contributed by atoms with Gasteiger partial charge in [0.15, 0.2) is 0 Å². The summed E-state index contributed by atoms with van der Waals surface area (Å²) in [6.07, 6.45) is 0.791. The maximum absolute atomic E-state index is 12.0. The van der Waals surface area contributed by atoms with Crippen LogP contribution in [-0.2, 0) is 4.74 Å². The summed E-state index contributed by atoms with van der Waals surface area (Å²) in [5.41, 5.74) is 6.81. The number of hydrogen-bond donors (Lipinski definition) is 2. The Kier molecular flexibility index (Phi) is 7.61. The molecule has 0 aliphatic rings. The molecule has 0 heterocycles. The van der Waals surface area contributed by atoms with E-state index in [0.29, 0.717) is 42.7 Å². The van der Waals surface area contributed by atoms with E-state index in [9.17, 15) is 4.79 Å². The Hall–Kier alpha value is -1.75. The molecule has 0 saturated heterocycles. The molecule has 0 unspecified atom stereocenters. The van der Waals surface area contributed by atoms with Crippen LogP contribution in [0.4, 0.5) is 5.69 Å². The van der Waals surface area contributed by atoms with Crippen molar-refractivity contribution < 1.29 is 14.3 Å². The number of nitrogen functional groups attached to an aromatic ring is 1. The van der Waals surface area contributed by atoms with E-state index in [2.05, 4.69) is 19.2 Å². The number of ether oxygens (including phenoxy) is 2. The quantitative estimate of drug-likeness (QED) is 0.542. The summed E-state index contributed by atoms with van der Waals surface area (Å²) < 4.78 is 10.8. The summed E-state index contributed by atoms with van der Waals surface area (Å²) in [6, 6.07) is 5.05. The van der Waals surface area contributed by atoms with E-state index in [1.54, 1.807) is 18.2 Å². The molecule has 1 amide bonds. The van der Waals surface area contributed by atoms with Gasteiger partial charge in [-0.3, -0.25) is 4.79 Å². The molecule has 1 aromatic carbocycles. The lowest BCUT2D eigenvalue weighted by molar-refractivity contribution is 0.0924. The van der Waals surface area contributed by atoms with E-state index in [1.165, 1.54) is 0 Å². The van der Waals surface area contributed by atoms with Crippen molar-refractivity contribution in [1.29, 1.82) is 0 Å². The van der Waals surface area contributed by atoms with Crippen LogP contribution in [0.15, 0.2) is 18.2 Å². The predicted molar refractivity (Wildman–Crippen MR) is 84.6 cm³/mol. The van der Waals surface area contributed by atoms with Crippen molar-refractivity contribution in [2.75, 3.05) is 32.1 Å². The summed E-state index contributed by atoms with van der Waals surface area (Å²) >= 11 is 0. The number of nitrogens with two attached hydrogens (primary N) is 1. The molecule has 0 atom stereocenters. The monoisotopic (exact) mass is 294 g/mol. The molecule has 1 rings (SSSR count). The minimum atomic E-state index is -0.146. The molecule has 0 radical (unpaired) electrons. The lowest BCUT2D eigenvalue weighted by Crippen LogP contribution is -2.25. The van der Waals surface area contributed by atoms with Gasteiger partial charge < -0.3 is 20.5 Å². The fourth-order valence-corrected chi connectivity index (χ4v) is 1.80. The van der Waals surface area contributed by atoms with Crippen molar-refractivity contribution in [1.82, 2.24) is 5.32 Å². The van der Waals surface area contributed by atoms with Gasteiger partial charge in [-0.15, -0.1) is 0 Å². The Morgan fingerprint density at radius 3 is 2.76 bits per heavy atom. The molecule has 3 N–H and O–H groups in total. The highest BCUT2D eigenvalue weighted by molar-refractivity contribution is 5.95. The molecular weight excluding hydrogens is 268 g/mol. The van der Waals surface area contributed by atoms with E-state index < -0.39 is 0 Å². The van der Waals surface area contributed by atoms with Gasteiger partial charge in [0.05, 0.1) is 6.61 Å². The van der Waals surface area contributed by atoms with Crippen molar-refractivity contribution in [3.63, 3.8) is 0 Å². The first-order valence-corrected chi connectivity index (χ1v) is 7.42. The number of anilines is 1. The van der Waals surface area contributed by atoms with E-state index in [1.807, 2.05) is 6.92 Å². The SMILES string of the molecule is CCOc1cc(N)cc(C(=O)NCCCOCC(C)C)c1. The van der Waals surface area contributed by atoms with Crippen molar-refractivity contribution in [3.8, 4) is 5.75 Å². The second kappa shape index (κ2) is 9.23. The van der Waals surface area contributed by atoms with Crippen LogP contribution in [-0.4, -0.2) is 32.3 Å². The lowest BCUT2D eigenvalue weighted by atomic mass is 10.1. The third kappa shape index (κ3) is 6.99. The summed E-state index contributed by atoms with van der Waals surface area (Å²) in [7, 11) is 0. The number of benzene rings is 1. The minimum Gasteiger partial charge on any atom is -0.494 e.